The van der Waals surface area contributed by atoms with Crippen molar-refractivity contribution in [1.29, 1.82) is 0 Å². The summed E-state index contributed by atoms with van der Waals surface area (Å²) in [6, 6.07) is 0. The molecule has 0 aromatic heterocycles. The molecule has 3 heteroatoms. The van der Waals surface area contributed by atoms with E-state index in [2.05, 4.69) is 50.5 Å². The highest BCUT2D eigenvalue weighted by Crippen LogP contribution is 2.48. The monoisotopic (exact) mass is 316 g/mol. The van der Waals surface area contributed by atoms with Crippen molar-refractivity contribution >= 4 is 27.5 Å². The molecule has 94 valence electrons. The second kappa shape index (κ2) is 4.17. The van der Waals surface area contributed by atoms with Gasteiger partial charge in [0.25, 0.3) is 0 Å². The van der Waals surface area contributed by atoms with Crippen molar-refractivity contribution in [3.8, 4) is 5.75 Å². The van der Waals surface area contributed by atoms with Crippen LogP contribution in [-0.4, -0.2) is 5.60 Å². The lowest BCUT2D eigenvalue weighted by molar-refractivity contribution is 0.137. The van der Waals surface area contributed by atoms with Gasteiger partial charge in [0.15, 0.2) is 0 Å². The van der Waals surface area contributed by atoms with E-state index < -0.39 is 0 Å². The highest BCUT2D eigenvalue weighted by atomic mass is 79.9. The third-order valence-electron chi connectivity index (χ3n) is 3.29. The van der Waals surface area contributed by atoms with Gasteiger partial charge in [0.1, 0.15) is 11.4 Å². The molecule has 1 aromatic rings. The minimum atomic E-state index is -0.124. The third-order valence-corrected chi connectivity index (χ3v) is 4.81. The standard InChI is InChI=1S/C14H18BrClO/c1-7(2)10-11(15)12(16)8(3)9-6-14(4,5)17-13(9)10/h7H,6H2,1-5H3. The van der Waals surface area contributed by atoms with Crippen molar-refractivity contribution in [2.45, 2.75) is 52.6 Å². The normalized spacial score (nSPS) is 17.2. The van der Waals surface area contributed by atoms with Crippen LogP contribution in [0, 0.1) is 6.92 Å². The molecule has 0 amide bonds. The van der Waals surface area contributed by atoms with Crippen molar-refractivity contribution in [3.63, 3.8) is 0 Å². The molecule has 1 aliphatic heterocycles. The second-order valence-electron chi connectivity index (χ2n) is 5.67. The van der Waals surface area contributed by atoms with E-state index in [0.29, 0.717) is 5.92 Å². The molecule has 0 atom stereocenters. The van der Waals surface area contributed by atoms with Gasteiger partial charge in [-0.3, -0.25) is 0 Å². The zero-order valence-corrected chi connectivity index (χ0v) is 13.3. The Bertz CT molecular complexity index is 478. The van der Waals surface area contributed by atoms with Gasteiger partial charge in [-0.05, 0) is 48.2 Å². The second-order valence-corrected chi connectivity index (χ2v) is 6.84. The molecule has 0 N–H and O–H groups in total. The molecular formula is C14H18BrClO. The quantitative estimate of drug-likeness (QED) is 0.687. The molecule has 0 saturated carbocycles. The van der Waals surface area contributed by atoms with Gasteiger partial charge >= 0.3 is 0 Å². The number of hydrogen-bond donors (Lipinski definition) is 0. The lowest BCUT2D eigenvalue weighted by Crippen LogP contribution is -2.25. The fourth-order valence-corrected chi connectivity index (χ4v) is 3.58. The van der Waals surface area contributed by atoms with E-state index >= 15 is 0 Å². The largest absolute Gasteiger partial charge is 0.487 e. The molecule has 0 aliphatic carbocycles. The summed E-state index contributed by atoms with van der Waals surface area (Å²) in [4.78, 5) is 0. The van der Waals surface area contributed by atoms with Crippen LogP contribution in [0.5, 0.6) is 5.75 Å². The Morgan fingerprint density at radius 1 is 1.35 bits per heavy atom. The van der Waals surface area contributed by atoms with Gasteiger partial charge in [-0.15, -0.1) is 0 Å². The van der Waals surface area contributed by atoms with Crippen LogP contribution in [0.2, 0.25) is 5.02 Å². The first-order valence-corrected chi connectivity index (χ1v) is 7.11. The number of benzene rings is 1. The maximum atomic E-state index is 6.40. The van der Waals surface area contributed by atoms with Crippen LogP contribution < -0.4 is 4.74 Å². The average molecular weight is 318 g/mol. The number of hydrogen-bond acceptors (Lipinski definition) is 1. The molecule has 0 radical (unpaired) electrons. The van der Waals surface area contributed by atoms with Crippen LogP contribution in [0.25, 0.3) is 0 Å². The van der Waals surface area contributed by atoms with Gasteiger partial charge in [-0.1, -0.05) is 25.4 Å². The van der Waals surface area contributed by atoms with E-state index in [1.54, 1.807) is 0 Å². The zero-order valence-electron chi connectivity index (χ0n) is 10.9. The van der Waals surface area contributed by atoms with Crippen molar-refractivity contribution in [3.05, 3.63) is 26.2 Å². The van der Waals surface area contributed by atoms with Gasteiger partial charge < -0.3 is 4.74 Å². The molecule has 1 aliphatic rings. The summed E-state index contributed by atoms with van der Waals surface area (Å²) in [6.07, 6.45) is 0.931. The van der Waals surface area contributed by atoms with Crippen molar-refractivity contribution in [1.82, 2.24) is 0 Å². The summed E-state index contributed by atoms with van der Waals surface area (Å²) in [5.74, 6) is 1.43. The number of ether oxygens (including phenoxy) is 1. The molecule has 0 fully saturated rings. The molecule has 1 heterocycles. The topological polar surface area (TPSA) is 9.23 Å². The van der Waals surface area contributed by atoms with E-state index in [4.69, 9.17) is 16.3 Å². The van der Waals surface area contributed by atoms with Crippen molar-refractivity contribution in [2.75, 3.05) is 0 Å². The smallest absolute Gasteiger partial charge is 0.128 e. The van der Waals surface area contributed by atoms with E-state index in [9.17, 15) is 0 Å². The van der Waals surface area contributed by atoms with Gasteiger partial charge in [0.05, 0.1) is 5.02 Å². The van der Waals surface area contributed by atoms with Gasteiger partial charge in [-0.2, -0.15) is 0 Å². The third kappa shape index (κ3) is 2.10. The summed E-state index contributed by atoms with van der Waals surface area (Å²) < 4.78 is 7.10. The van der Waals surface area contributed by atoms with Crippen molar-refractivity contribution < 1.29 is 4.74 Å². The lowest BCUT2D eigenvalue weighted by atomic mass is 9.93. The first-order chi connectivity index (χ1) is 7.74. The van der Waals surface area contributed by atoms with Crippen molar-refractivity contribution in [2.24, 2.45) is 0 Å². The van der Waals surface area contributed by atoms with E-state index in [1.165, 1.54) is 11.1 Å². The molecule has 0 bridgehead atoms. The van der Waals surface area contributed by atoms with Crippen LogP contribution in [0.3, 0.4) is 0 Å². The Balaban J connectivity index is 2.73. The molecule has 1 aromatic carbocycles. The minimum Gasteiger partial charge on any atom is -0.487 e. The molecule has 0 saturated heterocycles. The van der Waals surface area contributed by atoms with Crippen LogP contribution >= 0.6 is 27.5 Å². The predicted octanol–water partition coefficient (Wildman–Crippen LogP) is 5.25. The number of halogens is 2. The summed E-state index contributed by atoms with van der Waals surface area (Å²) in [5, 5.41) is 0.828. The van der Waals surface area contributed by atoms with Crippen LogP contribution in [0.15, 0.2) is 4.47 Å². The van der Waals surface area contributed by atoms with Crippen LogP contribution in [-0.2, 0) is 6.42 Å². The Hall–Kier alpha value is -0.210. The maximum absolute atomic E-state index is 6.40. The maximum Gasteiger partial charge on any atom is 0.128 e. The van der Waals surface area contributed by atoms with Gasteiger partial charge in [0.2, 0.25) is 0 Å². The Kier molecular flexibility index (Phi) is 3.24. The van der Waals surface area contributed by atoms with E-state index in [0.717, 1.165) is 27.2 Å². The predicted molar refractivity (Wildman–Crippen MR) is 76.4 cm³/mol. The highest BCUT2D eigenvalue weighted by molar-refractivity contribution is 9.10. The molecule has 1 nitrogen and oxygen atoms in total. The summed E-state index contributed by atoms with van der Waals surface area (Å²) >= 11 is 10.0. The molecule has 0 unspecified atom stereocenters. The fourth-order valence-electron chi connectivity index (χ4n) is 2.43. The number of rotatable bonds is 1. The van der Waals surface area contributed by atoms with Gasteiger partial charge in [0, 0.05) is 22.0 Å². The molecule has 0 spiro atoms. The molecule has 2 rings (SSSR count). The zero-order chi connectivity index (χ0) is 13.0. The van der Waals surface area contributed by atoms with E-state index in [-0.39, 0.29) is 5.60 Å². The first kappa shape index (κ1) is 13.2. The fraction of sp³-hybridized carbons (Fsp3) is 0.571. The summed E-state index contributed by atoms with van der Waals surface area (Å²) in [7, 11) is 0. The lowest BCUT2D eigenvalue weighted by Gasteiger charge is -2.20. The van der Waals surface area contributed by atoms with Crippen LogP contribution in [0.4, 0.5) is 0 Å². The average Bonchev–Trinajstić information content (AvgIpc) is 2.50. The SMILES string of the molecule is Cc1c(Cl)c(Br)c(C(C)C)c2c1CC(C)(C)O2. The highest BCUT2D eigenvalue weighted by Gasteiger charge is 2.35. The molecular weight excluding hydrogens is 300 g/mol. The first-order valence-electron chi connectivity index (χ1n) is 5.94. The molecule has 17 heavy (non-hydrogen) atoms. The summed E-state index contributed by atoms with van der Waals surface area (Å²) in [6.45, 7) is 10.7. The number of fused-ring (bicyclic) bond motifs is 1. The Morgan fingerprint density at radius 3 is 2.47 bits per heavy atom. The van der Waals surface area contributed by atoms with Crippen LogP contribution in [0.1, 0.15) is 50.3 Å². The Morgan fingerprint density at radius 2 is 1.94 bits per heavy atom. The Labute approximate surface area is 117 Å². The van der Waals surface area contributed by atoms with E-state index in [1.807, 2.05) is 0 Å². The summed E-state index contributed by atoms with van der Waals surface area (Å²) in [5.41, 5.74) is 3.48. The minimum absolute atomic E-state index is 0.124. The van der Waals surface area contributed by atoms with Gasteiger partial charge in [-0.25, -0.2) is 0 Å².